The van der Waals surface area contributed by atoms with E-state index in [0.717, 1.165) is 16.9 Å². The zero-order valence-electron chi connectivity index (χ0n) is 14.1. The molecule has 1 aromatic carbocycles. The lowest BCUT2D eigenvalue weighted by atomic mass is 10.1. The largest absolute Gasteiger partial charge is 0.376 e. The van der Waals surface area contributed by atoms with E-state index in [1.807, 2.05) is 45.9 Å². The van der Waals surface area contributed by atoms with Crippen LogP contribution in [0.15, 0.2) is 24.5 Å². The highest BCUT2D eigenvalue weighted by molar-refractivity contribution is 5.96. The standard InChI is InChI=1S/C15H21N7O2/c1-10-7-11(5-6-12(10)22-9-17-20-21-22)16-8-13(23)18-14(24)19-15(2,3)4/h5-7,9,16H,8H2,1-4H3,(H2,18,19,23,24). The van der Waals surface area contributed by atoms with Gasteiger partial charge in [0.15, 0.2) is 0 Å². The van der Waals surface area contributed by atoms with Crippen LogP contribution >= 0.6 is 0 Å². The number of hydrogen-bond acceptors (Lipinski definition) is 6. The molecule has 0 spiro atoms. The Hall–Kier alpha value is -2.97. The minimum absolute atomic E-state index is 0.0127. The van der Waals surface area contributed by atoms with E-state index in [1.165, 1.54) is 6.33 Å². The molecular weight excluding hydrogens is 310 g/mol. The van der Waals surface area contributed by atoms with Gasteiger partial charge < -0.3 is 10.6 Å². The molecule has 128 valence electrons. The highest BCUT2D eigenvalue weighted by atomic mass is 16.2. The first kappa shape index (κ1) is 17.4. The normalized spacial score (nSPS) is 11.0. The van der Waals surface area contributed by atoms with Gasteiger partial charge in [0.2, 0.25) is 5.91 Å². The van der Waals surface area contributed by atoms with E-state index in [-0.39, 0.29) is 6.54 Å². The fraction of sp³-hybridized carbons (Fsp3) is 0.400. The van der Waals surface area contributed by atoms with E-state index >= 15 is 0 Å². The monoisotopic (exact) mass is 331 g/mol. The lowest BCUT2D eigenvalue weighted by Crippen LogP contribution is -2.49. The summed E-state index contributed by atoms with van der Waals surface area (Å²) < 4.78 is 1.56. The highest BCUT2D eigenvalue weighted by Crippen LogP contribution is 2.17. The van der Waals surface area contributed by atoms with Crippen molar-refractivity contribution in [1.82, 2.24) is 30.8 Å². The van der Waals surface area contributed by atoms with E-state index in [2.05, 4.69) is 31.5 Å². The number of nitrogens with one attached hydrogen (secondary N) is 3. The van der Waals surface area contributed by atoms with E-state index in [4.69, 9.17) is 0 Å². The average molecular weight is 331 g/mol. The Morgan fingerprint density at radius 1 is 1.25 bits per heavy atom. The van der Waals surface area contributed by atoms with Crippen molar-refractivity contribution in [3.8, 4) is 5.69 Å². The zero-order chi connectivity index (χ0) is 17.7. The van der Waals surface area contributed by atoms with Gasteiger partial charge in [-0.3, -0.25) is 10.1 Å². The second-order valence-corrected chi connectivity index (χ2v) is 6.36. The van der Waals surface area contributed by atoms with Gasteiger partial charge in [0.1, 0.15) is 6.33 Å². The number of aryl methyl sites for hydroxylation is 1. The molecule has 3 N–H and O–H groups in total. The number of carbonyl (C=O) groups is 2. The first-order valence-electron chi connectivity index (χ1n) is 7.44. The fourth-order valence-corrected chi connectivity index (χ4v) is 2.02. The first-order valence-corrected chi connectivity index (χ1v) is 7.44. The van der Waals surface area contributed by atoms with Crippen LogP contribution in [0.5, 0.6) is 0 Å². The van der Waals surface area contributed by atoms with Gasteiger partial charge in [0.05, 0.1) is 12.2 Å². The van der Waals surface area contributed by atoms with Crippen molar-refractivity contribution in [2.75, 3.05) is 11.9 Å². The molecule has 0 aliphatic carbocycles. The number of rotatable bonds is 4. The molecule has 0 saturated carbocycles. The Balaban J connectivity index is 1.89. The van der Waals surface area contributed by atoms with E-state index in [9.17, 15) is 9.59 Å². The maximum Gasteiger partial charge on any atom is 0.321 e. The first-order chi connectivity index (χ1) is 11.2. The van der Waals surface area contributed by atoms with Crippen LogP contribution in [0.1, 0.15) is 26.3 Å². The predicted molar refractivity (Wildman–Crippen MR) is 88.8 cm³/mol. The van der Waals surface area contributed by atoms with Crippen molar-refractivity contribution >= 4 is 17.6 Å². The molecule has 3 amide bonds. The Kier molecular flexibility index (Phi) is 5.12. The summed E-state index contributed by atoms with van der Waals surface area (Å²) >= 11 is 0. The molecule has 0 atom stereocenters. The number of nitrogens with zero attached hydrogens (tertiary/aromatic N) is 4. The summed E-state index contributed by atoms with van der Waals surface area (Å²) in [6, 6.07) is 5.02. The van der Waals surface area contributed by atoms with Crippen LogP contribution in [-0.4, -0.2) is 44.2 Å². The second-order valence-electron chi connectivity index (χ2n) is 6.36. The zero-order valence-corrected chi connectivity index (χ0v) is 14.1. The molecule has 2 aromatic rings. The number of aromatic nitrogens is 4. The van der Waals surface area contributed by atoms with Gasteiger partial charge in [-0.15, -0.1) is 5.10 Å². The summed E-state index contributed by atoms with van der Waals surface area (Å²) in [7, 11) is 0. The van der Waals surface area contributed by atoms with Crippen molar-refractivity contribution in [2.45, 2.75) is 33.2 Å². The van der Waals surface area contributed by atoms with Crippen molar-refractivity contribution in [3.05, 3.63) is 30.1 Å². The number of benzene rings is 1. The maximum atomic E-state index is 11.8. The summed E-state index contributed by atoms with van der Waals surface area (Å²) in [5, 5.41) is 18.9. The topological polar surface area (TPSA) is 114 Å². The quantitative estimate of drug-likeness (QED) is 0.770. The number of tetrazole rings is 1. The van der Waals surface area contributed by atoms with Crippen LogP contribution in [-0.2, 0) is 4.79 Å². The summed E-state index contributed by atoms with van der Waals surface area (Å²) in [6.45, 7) is 7.42. The number of hydrogen-bond donors (Lipinski definition) is 3. The Labute approximate surface area is 139 Å². The SMILES string of the molecule is Cc1cc(NCC(=O)NC(=O)NC(C)(C)C)ccc1-n1cnnn1. The lowest BCUT2D eigenvalue weighted by Gasteiger charge is -2.20. The van der Waals surface area contributed by atoms with Gasteiger partial charge in [0, 0.05) is 11.2 Å². The number of urea groups is 1. The van der Waals surface area contributed by atoms with Crippen LogP contribution in [0, 0.1) is 6.92 Å². The number of carbonyl (C=O) groups excluding carboxylic acids is 2. The number of anilines is 1. The maximum absolute atomic E-state index is 11.8. The molecule has 0 aliphatic rings. The smallest absolute Gasteiger partial charge is 0.321 e. The van der Waals surface area contributed by atoms with Crippen molar-refractivity contribution in [1.29, 1.82) is 0 Å². The third-order valence-electron chi connectivity index (χ3n) is 2.99. The molecule has 2 rings (SSSR count). The van der Waals surface area contributed by atoms with Crippen LogP contribution in [0.25, 0.3) is 5.69 Å². The van der Waals surface area contributed by atoms with E-state index in [1.54, 1.807) is 4.68 Å². The Bertz CT molecular complexity index is 720. The van der Waals surface area contributed by atoms with E-state index < -0.39 is 17.5 Å². The second kappa shape index (κ2) is 7.07. The molecule has 9 nitrogen and oxygen atoms in total. The van der Waals surface area contributed by atoms with E-state index in [0.29, 0.717) is 0 Å². The predicted octanol–water partition coefficient (Wildman–Crippen LogP) is 1.01. The molecule has 0 aliphatic heterocycles. The van der Waals surface area contributed by atoms with Gasteiger partial charge in [-0.05, 0) is 61.9 Å². The minimum atomic E-state index is -0.514. The molecule has 0 bridgehead atoms. The average Bonchev–Trinajstić information content (AvgIpc) is 2.97. The fourth-order valence-electron chi connectivity index (χ4n) is 2.02. The van der Waals surface area contributed by atoms with Crippen molar-refractivity contribution < 1.29 is 9.59 Å². The highest BCUT2D eigenvalue weighted by Gasteiger charge is 2.15. The van der Waals surface area contributed by atoms with Gasteiger partial charge >= 0.3 is 6.03 Å². The molecule has 0 fully saturated rings. The third kappa shape index (κ3) is 5.04. The summed E-state index contributed by atoms with van der Waals surface area (Å²) in [5.74, 6) is -0.418. The number of imide groups is 1. The van der Waals surface area contributed by atoms with Crippen LogP contribution in [0.3, 0.4) is 0 Å². The van der Waals surface area contributed by atoms with Crippen LogP contribution < -0.4 is 16.0 Å². The molecule has 24 heavy (non-hydrogen) atoms. The van der Waals surface area contributed by atoms with Gasteiger partial charge in [-0.25, -0.2) is 9.48 Å². The molecule has 9 heteroatoms. The Morgan fingerprint density at radius 2 is 2.00 bits per heavy atom. The van der Waals surface area contributed by atoms with Gasteiger partial charge in [0.25, 0.3) is 0 Å². The third-order valence-corrected chi connectivity index (χ3v) is 2.99. The van der Waals surface area contributed by atoms with Crippen LogP contribution in [0.2, 0.25) is 0 Å². The summed E-state index contributed by atoms with van der Waals surface area (Å²) in [6.07, 6.45) is 1.51. The molecule has 0 unspecified atom stereocenters. The number of amides is 3. The van der Waals surface area contributed by atoms with Gasteiger partial charge in [-0.2, -0.15) is 0 Å². The van der Waals surface area contributed by atoms with Crippen molar-refractivity contribution in [2.24, 2.45) is 0 Å². The molecular formula is C15H21N7O2. The molecule has 1 aromatic heterocycles. The molecule has 1 heterocycles. The van der Waals surface area contributed by atoms with Gasteiger partial charge in [-0.1, -0.05) is 0 Å². The minimum Gasteiger partial charge on any atom is -0.376 e. The molecule has 0 saturated heterocycles. The Morgan fingerprint density at radius 3 is 2.58 bits per heavy atom. The summed E-state index contributed by atoms with van der Waals surface area (Å²) in [5.41, 5.74) is 2.15. The molecule has 0 radical (unpaired) electrons. The lowest BCUT2D eigenvalue weighted by molar-refractivity contribution is -0.118. The van der Waals surface area contributed by atoms with Crippen molar-refractivity contribution in [3.63, 3.8) is 0 Å². The van der Waals surface area contributed by atoms with Crippen LogP contribution in [0.4, 0.5) is 10.5 Å². The summed E-state index contributed by atoms with van der Waals surface area (Å²) in [4.78, 5) is 23.4.